The first-order chi connectivity index (χ1) is 7.08. The summed E-state index contributed by atoms with van der Waals surface area (Å²) in [6.07, 6.45) is 1.00. The number of hydrogen-bond acceptors (Lipinski definition) is 2. The van der Waals surface area contributed by atoms with Gasteiger partial charge in [-0.25, -0.2) is 0 Å². The maximum atomic E-state index is 11.5. The highest BCUT2D eigenvalue weighted by molar-refractivity contribution is 5.96. The standard InChI is InChI=1S/C13H17NO/c1-9-6-11-8-14(3)5-4-12(11)13(7-9)10(2)15/h6-7H,4-5,8H2,1-3H3. The molecule has 2 nitrogen and oxygen atoms in total. The fraction of sp³-hybridized carbons (Fsp3) is 0.462. The smallest absolute Gasteiger partial charge is 0.160 e. The van der Waals surface area contributed by atoms with Gasteiger partial charge in [0.2, 0.25) is 0 Å². The molecule has 1 aromatic rings. The van der Waals surface area contributed by atoms with Crippen molar-refractivity contribution >= 4 is 5.78 Å². The lowest BCUT2D eigenvalue weighted by molar-refractivity contribution is 0.101. The van der Waals surface area contributed by atoms with E-state index in [0.29, 0.717) is 0 Å². The van der Waals surface area contributed by atoms with Crippen LogP contribution in [0.1, 0.15) is 34.0 Å². The summed E-state index contributed by atoms with van der Waals surface area (Å²) >= 11 is 0. The first kappa shape index (κ1) is 10.4. The minimum absolute atomic E-state index is 0.194. The van der Waals surface area contributed by atoms with E-state index in [1.807, 2.05) is 6.07 Å². The number of carbonyl (C=O) groups excluding carboxylic acids is 1. The molecule has 0 unspecified atom stereocenters. The van der Waals surface area contributed by atoms with Crippen LogP contribution in [0.3, 0.4) is 0 Å². The van der Waals surface area contributed by atoms with Crippen molar-refractivity contribution in [3.05, 3.63) is 34.4 Å². The Kier molecular flexibility index (Phi) is 2.61. The molecule has 1 aliphatic heterocycles. The Bertz CT molecular complexity index is 409. The number of benzene rings is 1. The predicted octanol–water partition coefficient (Wildman–Crippen LogP) is 2.19. The zero-order valence-electron chi connectivity index (χ0n) is 9.63. The average Bonchev–Trinajstić information content (AvgIpc) is 2.15. The molecule has 2 heteroatoms. The van der Waals surface area contributed by atoms with E-state index in [1.54, 1.807) is 6.92 Å². The van der Waals surface area contributed by atoms with Crippen LogP contribution in [0.25, 0.3) is 0 Å². The highest BCUT2D eigenvalue weighted by atomic mass is 16.1. The van der Waals surface area contributed by atoms with E-state index in [0.717, 1.165) is 25.1 Å². The topological polar surface area (TPSA) is 20.3 Å². The summed E-state index contributed by atoms with van der Waals surface area (Å²) in [5.41, 5.74) is 4.72. The van der Waals surface area contributed by atoms with Crippen molar-refractivity contribution in [2.75, 3.05) is 13.6 Å². The number of carbonyl (C=O) groups is 1. The van der Waals surface area contributed by atoms with Gasteiger partial charge in [-0.3, -0.25) is 4.79 Å². The maximum absolute atomic E-state index is 11.5. The molecule has 0 saturated heterocycles. The van der Waals surface area contributed by atoms with Gasteiger partial charge in [0.05, 0.1) is 0 Å². The lowest BCUT2D eigenvalue weighted by Gasteiger charge is -2.26. The molecule has 2 rings (SSSR count). The van der Waals surface area contributed by atoms with Gasteiger partial charge in [0.25, 0.3) is 0 Å². The summed E-state index contributed by atoms with van der Waals surface area (Å²) in [6.45, 7) is 5.74. The van der Waals surface area contributed by atoms with E-state index < -0.39 is 0 Å². The highest BCUT2D eigenvalue weighted by Gasteiger charge is 2.18. The summed E-state index contributed by atoms with van der Waals surface area (Å²) < 4.78 is 0. The van der Waals surface area contributed by atoms with Crippen LogP contribution in [0.4, 0.5) is 0 Å². The lowest BCUT2D eigenvalue weighted by atomic mass is 9.91. The fourth-order valence-electron chi connectivity index (χ4n) is 2.31. The highest BCUT2D eigenvalue weighted by Crippen LogP contribution is 2.23. The largest absolute Gasteiger partial charge is 0.302 e. The Morgan fingerprint density at radius 3 is 2.80 bits per heavy atom. The van der Waals surface area contributed by atoms with Crippen LogP contribution in [0.5, 0.6) is 0 Å². The van der Waals surface area contributed by atoms with Gasteiger partial charge in [-0.05, 0) is 44.5 Å². The summed E-state index contributed by atoms with van der Waals surface area (Å²) in [7, 11) is 2.12. The van der Waals surface area contributed by atoms with E-state index in [1.165, 1.54) is 16.7 Å². The zero-order chi connectivity index (χ0) is 11.0. The molecule has 0 radical (unpaired) electrons. The number of nitrogens with zero attached hydrogens (tertiary/aromatic N) is 1. The first-order valence-corrected chi connectivity index (χ1v) is 5.40. The maximum Gasteiger partial charge on any atom is 0.160 e. The molecule has 1 heterocycles. The van der Waals surface area contributed by atoms with E-state index in [9.17, 15) is 4.79 Å². The second-order valence-corrected chi connectivity index (χ2v) is 4.49. The summed E-state index contributed by atoms with van der Waals surface area (Å²) in [5, 5.41) is 0. The van der Waals surface area contributed by atoms with Crippen LogP contribution in [-0.4, -0.2) is 24.3 Å². The van der Waals surface area contributed by atoms with Gasteiger partial charge in [0, 0.05) is 18.7 Å². The predicted molar refractivity (Wildman–Crippen MR) is 61.2 cm³/mol. The number of aryl methyl sites for hydroxylation is 1. The van der Waals surface area contributed by atoms with Crippen LogP contribution in [0.2, 0.25) is 0 Å². The first-order valence-electron chi connectivity index (χ1n) is 5.40. The number of hydrogen-bond donors (Lipinski definition) is 0. The second-order valence-electron chi connectivity index (χ2n) is 4.49. The summed E-state index contributed by atoms with van der Waals surface area (Å²) in [6, 6.07) is 4.23. The van der Waals surface area contributed by atoms with Crippen molar-refractivity contribution in [2.45, 2.75) is 26.8 Å². The van der Waals surface area contributed by atoms with Gasteiger partial charge < -0.3 is 4.90 Å². The molecule has 0 aliphatic carbocycles. The number of likely N-dealkylation sites (N-methyl/N-ethyl adjacent to an activating group) is 1. The van der Waals surface area contributed by atoms with Gasteiger partial charge in [-0.1, -0.05) is 11.6 Å². The van der Waals surface area contributed by atoms with Crippen LogP contribution < -0.4 is 0 Å². The lowest BCUT2D eigenvalue weighted by Crippen LogP contribution is -2.28. The molecule has 0 saturated carbocycles. The molecule has 0 N–H and O–H groups in total. The molecule has 0 fully saturated rings. The Morgan fingerprint density at radius 2 is 2.13 bits per heavy atom. The minimum Gasteiger partial charge on any atom is -0.302 e. The van der Waals surface area contributed by atoms with Crippen molar-refractivity contribution in [1.29, 1.82) is 0 Å². The molecule has 1 aliphatic rings. The van der Waals surface area contributed by atoms with Gasteiger partial charge in [-0.15, -0.1) is 0 Å². The number of fused-ring (bicyclic) bond motifs is 1. The molecule has 0 aromatic heterocycles. The van der Waals surface area contributed by atoms with E-state index in [-0.39, 0.29) is 5.78 Å². The Balaban J connectivity index is 2.54. The summed E-state index contributed by atoms with van der Waals surface area (Å²) in [5.74, 6) is 0.194. The Morgan fingerprint density at radius 1 is 1.40 bits per heavy atom. The van der Waals surface area contributed by atoms with Gasteiger partial charge in [-0.2, -0.15) is 0 Å². The average molecular weight is 203 g/mol. The summed E-state index contributed by atoms with van der Waals surface area (Å²) in [4.78, 5) is 13.8. The second kappa shape index (κ2) is 3.78. The SMILES string of the molecule is CC(=O)c1cc(C)cc2c1CCN(C)C2. The molecule has 80 valence electrons. The quantitative estimate of drug-likeness (QED) is 0.652. The third-order valence-electron chi connectivity index (χ3n) is 3.05. The monoisotopic (exact) mass is 203 g/mol. The zero-order valence-corrected chi connectivity index (χ0v) is 9.63. The molecule has 1 aromatic carbocycles. The van der Waals surface area contributed by atoms with Crippen LogP contribution in [-0.2, 0) is 13.0 Å². The van der Waals surface area contributed by atoms with Gasteiger partial charge in [0.15, 0.2) is 5.78 Å². The molecule has 0 amide bonds. The van der Waals surface area contributed by atoms with Crippen LogP contribution in [0.15, 0.2) is 12.1 Å². The van der Waals surface area contributed by atoms with Crippen molar-refractivity contribution < 1.29 is 4.79 Å². The molecular weight excluding hydrogens is 186 g/mol. The van der Waals surface area contributed by atoms with E-state index in [4.69, 9.17) is 0 Å². The third kappa shape index (κ3) is 1.95. The number of ketones is 1. The molecule has 0 bridgehead atoms. The van der Waals surface area contributed by atoms with Crippen molar-refractivity contribution in [1.82, 2.24) is 4.90 Å². The Labute approximate surface area is 90.9 Å². The fourth-order valence-corrected chi connectivity index (χ4v) is 2.31. The van der Waals surface area contributed by atoms with Gasteiger partial charge in [0.1, 0.15) is 0 Å². The van der Waals surface area contributed by atoms with Crippen molar-refractivity contribution in [3.8, 4) is 0 Å². The van der Waals surface area contributed by atoms with Crippen LogP contribution >= 0.6 is 0 Å². The molecular formula is C13H17NO. The molecule has 0 atom stereocenters. The number of Topliss-reactive ketones (excluding diaryl/α,β-unsaturated/α-hetero) is 1. The van der Waals surface area contributed by atoms with Crippen molar-refractivity contribution in [3.63, 3.8) is 0 Å². The minimum atomic E-state index is 0.194. The molecule has 0 spiro atoms. The third-order valence-corrected chi connectivity index (χ3v) is 3.05. The van der Waals surface area contributed by atoms with Gasteiger partial charge >= 0.3 is 0 Å². The van der Waals surface area contributed by atoms with Crippen LogP contribution in [0, 0.1) is 6.92 Å². The Hall–Kier alpha value is -1.15. The van der Waals surface area contributed by atoms with E-state index in [2.05, 4.69) is 24.9 Å². The number of rotatable bonds is 1. The van der Waals surface area contributed by atoms with E-state index >= 15 is 0 Å². The molecule has 15 heavy (non-hydrogen) atoms. The normalized spacial score (nSPS) is 16.2. The van der Waals surface area contributed by atoms with Crippen molar-refractivity contribution in [2.24, 2.45) is 0 Å².